The summed E-state index contributed by atoms with van der Waals surface area (Å²) >= 11 is 0. The molecule has 0 spiro atoms. The van der Waals surface area contributed by atoms with Crippen LogP contribution in [-0.4, -0.2) is 46.4 Å². The third-order valence-electron chi connectivity index (χ3n) is 4.85. The average Bonchev–Trinajstić information content (AvgIpc) is 2.62. The Morgan fingerprint density at radius 1 is 1.16 bits per heavy atom. The molecule has 3 N–H and O–H groups in total. The SMILES string of the molecule is CC(C)C[C@H](C[N+](=O)[O-])C(=O)N[C@H](C(=O)N[C@H](Cc1cccc(F)c1)C(=O)O)C(C)(C)C. The van der Waals surface area contributed by atoms with E-state index in [2.05, 4.69) is 10.6 Å². The third kappa shape index (κ3) is 8.99. The van der Waals surface area contributed by atoms with Crippen molar-refractivity contribution in [2.24, 2.45) is 17.3 Å². The summed E-state index contributed by atoms with van der Waals surface area (Å²) in [7, 11) is 0. The van der Waals surface area contributed by atoms with Crippen molar-refractivity contribution in [2.45, 2.75) is 59.5 Å². The first-order chi connectivity index (χ1) is 14.7. The van der Waals surface area contributed by atoms with Crippen LogP contribution in [0.2, 0.25) is 0 Å². The summed E-state index contributed by atoms with van der Waals surface area (Å²) < 4.78 is 13.4. The molecule has 32 heavy (non-hydrogen) atoms. The van der Waals surface area contributed by atoms with Crippen LogP contribution in [0.15, 0.2) is 24.3 Å². The number of halogens is 1. The van der Waals surface area contributed by atoms with E-state index in [-0.39, 0.29) is 18.8 Å². The molecular formula is C22H32FN3O6. The fourth-order valence-electron chi connectivity index (χ4n) is 3.30. The van der Waals surface area contributed by atoms with E-state index in [9.17, 15) is 34.0 Å². The monoisotopic (exact) mass is 453 g/mol. The van der Waals surface area contributed by atoms with Crippen LogP contribution in [0.3, 0.4) is 0 Å². The molecule has 0 aliphatic heterocycles. The largest absolute Gasteiger partial charge is 0.480 e. The van der Waals surface area contributed by atoms with Crippen LogP contribution in [0.25, 0.3) is 0 Å². The van der Waals surface area contributed by atoms with Crippen LogP contribution < -0.4 is 10.6 Å². The summed E-state index contributed by atoms with van der Waals surface area (Å²) in [6.07, 6.45) is 0.115. The zero-order valence-electron chi connectivity index (χ0n) is 19.1. The lowest BCUT2D eigenvalue weighted by molar-refractivity contribution is -0.486. The molecule has 2 amide bonds. The highest BCUT2D eigenvalue weighted by atomic mass is 19.1. The second-order valence-electron chi connectivity index (χ2n) is 9.38. The number of nitrogens with one attached hydrogen (secondary N) is 2. The van der Waals surface area contributed by atoms with Crippen LogP contribution >= 0.6 is 0 Å². The van der Waals surface area contributed by atoms with Crippen LogP contribution in [-0.2, 0) is 20.8 Å². The normalized spacial score (nSPS) is 14.3. The molecule has 178 valence electrons. The molecular weight excluding hydrogens is 421 g/mol. The number of nitro groups is 1. The predicted octanol–water partition coefficient (Wildman–Crippen LogP) is 2.41. The van der Waals surface area contributed by atoms with Gasteiger partial charge in [0.2, 0.25) is 18.4 Å². The van der Waals surface area contributed by atoms with E-state index in [0.29, 0.717) is 5.56 Å². The molecule has 0 heterocycles. The molecule has 9 nitrogen and oxygen atoms in total. The van der Waals surface area contributed by atoms with E-state index in [1.165, 1.54) is 18.2 Å². The summed E-state index contributed by atoms with van der Waals surface area (Å²) in [6.45, 7) is 8.15. The maximum Gasteiger partial charge on any atom is 0.326 e. The van der Waals surface area contributed by atoms with Gasteiger partial charge in [-0.05, 0) is 35.4 Å². The van der Waals surface area contributed by atoms with E-state index in [1.54, 1.807) is 26.8 Å². The molecule has 1 aromatic rings. The Kier molecular flexibility index (Phi) is 9.74. The Bertz CT molecular complexity index is 837. The van der Waals surface area contributed by atoms with Gasteiger partial charge in [-0.25, -0.2) is 9.18 Å². The van der Waals surface area contributed by atoms with Crippen molar-refractivity contribution in [3.63, 3.8) is 0 Å². The number of nitrogens with zero attached hydrogens (tertiary/aromatic N) is 1. The first kappa shape index (κ1) is 27.0. The molecule has 0 aromatic heterocycles. The number of benzene rings is 1. The second kappa shape index (κ2) is 11.5. The summed E-state index contributed by atoms with van der Waals surface area (Å²) in [5, 5.41) is 25.5. The number of hydrogen-bond donors (Lipinski definition) is 3. The lowest BCUT2D eigenvalue weighted by Gasteiger charge is -2.32. The lowest BCUT2D eigenvalue weighted by Crippen LogP contribution is -2.58. The van der Waals surface area contributed by atoms with Crippen molar-refractivity contribution in [3.8, 4) is 0 Å². The van der Waals surface area contributed by atoms with Crippen molar-refractivity contribution < 1.29 is 28.8 Å². The van der Waals surface area contributed by atoms with E-state index in [1.807, 2.05) is 13.8 Å². The zero-order valence-corrected chi connectivity index (χ0v) is 19.1. The molecule has 0 bridgehead atoms. The van der Waals surface area contributed by atoms with Gasteiger partial charge in [-0.1, -0.05) is 46.8 Å². The van der Waals surface area contributed by atoms with Crippen LogP contribution in [0.4, 0.5) is 4.39 Å². The molecule has 3 atom stereocenters. The Labute approximate surface area is 186 Å². The maximum absolute atomic E-state index is 13.4. The van der Waals surface area contributed by atoms with Gasteiger partial charge in [-0.2, -0.15) is 0 Å². The molecule has 0 saturated carbocycles. The molecule has 10 heteroatoms. The van der Waals surface area contributed by atoms with Crippen LogP contribution in [0.1, 0.15) is 46.6 Å². The van der Waals surface area contributed by atoms with Crippen molar-refractivity contribution in [2.75, 3.05) is 6.54 Å². The number of carbonyl (C=O) groups excluding carboxylic acids is 2. The first-order valence-corrected chi connectivity index (χ1v) is 10.4. The molecule has 0 saturated heterocycles. The van der Waals surface area contributed by atoms with Crippen molar-refractivity contribution >= 4 is 17.8 Å². The zero-order chi connectivity index (χ0) is 24.6. The highest BCUT2D eigenvalue weighted by molar-refractivity contribution is 5.91. The fraction of sp³-hybridized carbons (Fsp3) is 0.591. The molecule has 0 aliphatic rings. The number of amides is 2. The minimum atomic E-state index is -1.35. The van der Waals surface area contributed by atoms with Gasteiger partial charge in [0.1, 0.15) is 23.8 Å². The van der Waals surface area contributed by atoms with E-state index >= 15 is 0 Å². The minimum absolute atomic E-state index is 0.0234. The molecule has 1 rings (SSSR count). The minimum Gasteiger partial charge on any atom is -0.480 e. The van der Waals surface area contributed by atoms with E-state index < -0.39 is 58.5 Å². The fourth-order valence-corrected chi connectivity index (χ4v) is 3.30. The highest BCUT2D eigenvalue weighted by Gasteiger charge is 2.37. The van der Waals surface area contributed by atoms with Crippen molar-refractivity contribution in [3.05, 3.63) is 45.8 Å². The lowest BCUT2D eigenvalue weighted by atomic mass is 9.85. The standard InChI is InChI=1S/C22H32FN3O6/c1-13(2)9-15(12-26(31)32)19(27)25-18(22(3,4)5)20(28)24-17(21(29)30)11-14-7-6-8-16(23)10-14/h6-8,10,13,15,17-18H,9,11-12H2,1-5H3,(H,24,28)(H,25,27)(H,29,30)/t15-,17-,18-/m1/s1. The molecule has 0 aliphatic carbocycles. The number of aliphatic carboxylic acids is 1. The Hall–Kier alpha value is -3.04. The molecule has 0 unspecified atom stereocenters. The van der Waals surface area contributed by atoms with Gasteiger partial charge in [-0.3, -0.25) is 19.7 Å². The quantitative estimate of drug-likeness (QED) is 0.347. The average molecular weight is 454 g/mol. The van der Waals surface area contributed by atoms with Gasteiger partial charge in [0.15, 0.2) is 0 Å². The van der Waals surface area contributed by atoms with Gasteiger partial charge in [0, 0.05) is 11.3 Å². The Morgan fingerprint density at radius 3 is 2.25 bits per heavy atom. The maximum atomic E-state index is 13.4. The van der Waals surface area contributed by atoms with E-state index in [4.69, 9.17) is 0 Å². The summed E-state index contributed by atoms with van der Waals surface area (Å²) in [4.78, 5) is 47.8. The van der Waals surface area contributed by atoms with Gasteiger partial charge in [-0.15, -0.1) is 0 Å². The highest BCUT2D eigenvalue weighted by Crippen LogP contribution is 2.22. The van der Waals surface area contributed by atoms with Gasteiger partial charge < -0.3 is 15.7 Å². The van der Waals surface area contributed by atoms with Gasteiger partial charge >= 0.3 is 5.97 Å². The third-order valence-corrected chi connectivity index (χ3v) is 4.85. The predicted molar refractivity (Wildman–Crippen MR) is 116 cm³/mol. The van der Waals surface area contributed by atoms with Crippen LogP contribution in [0.5, 0.6) is 0 Å². The van der Waals surface area contributed by atoms with Crippen LogP contribution in [0, 0.1) is 33.2 Å². The van der Waals surface area contributed by atoms with Gasteiger partial charge in [0.25, 0.3) is 0 Å². The summed E-state index contributed by atoms with van der Waals surface area (Å²) in [5.41, 5.74) is -0.421. The Morgan fingerprint density at radius 2 is 1.78 bits per heavy atom. The van der Waals surface area contributed by atoms with Crippen molar-refractivity contribution in [1.29, 1.82) is 0 Å². The topological polar surface area (TPSA) is 139 Å². The number of rotatable bonds is 11. The smallest absolute Gasteiger partial charge is 0.326 e. The number of carboxylic acid groups (broad SMARTS) is 1. The number of carbonyl (C=O) groups is 3. The number of carboxylic acids is 1. The second-order valence-corrected chi connectivity index (χ2v) is 9.38. The van der Waals surface area contributed by atoms with E-state index in [0.717, 1.165) is 0 Å². The molecule has 0 radical (unpaired) electrons. The Balaban J connectivity index is 3.03. The summed E-state index contributed by atoms with van der Waals surface area (Å²) in [5.74, 6) is -4.12. The number of hydrogen-bond acceptors (Lipinski definition) is 5. The summed E-state index contributed by atoms with van der Waals surface area (Å²) in [6, 6.07) is 2.90. The van der Waals surface area contributed by atoms with Gasteiger partial charge in [0.05, 0.1) is 0 Å². The molecule has 0 fully saturated rings. The first-order valence-electron chi connectivity index (χ1n) is 10.4. The van der Waals surface area contributed by atoms with Crippen molar-refractivity contribution in [1.82, 2.24) is 10.6 Å². The molecule has 1 aromatic carbocycles.